The number of hydrogen-bond acceptors (Lipinski definition) is 8. The fraction of sp³-hybridized carbons (Fsp3) is 0.750. The molecule has 0 spiro atoms. The number of aryl methyl sites for hydroxylation is 1. The second kappa shape index (κ2) is 9.86. The predicted octanol–water partition coefficient (Wildman–Crippen LogP) is 0.928. The number of hydrogen-bond donors (Lipinski definition) is 3. The lowest BCUT2D eigenvalue weighted by atomic mass is 10.0. The monoisotopic (exact) mass is 466 g/mol. The minimum absolute atomic E-state index is 0.0595. The van der Waals surface area contributed by atoms with Gasteiger partial charge in [0.25, 0.3) is 10.2 Å². The Kier molecular flexibility index (Phi) is 7.13. The fourth-order valence-corrected chi connectivity index (χ4v) is 5.91. The van der Waals surface area contributed by atoms with Crippen LogP contribution in [-0.4, -0.2) is 82.2 Å². The minimum atomic E-state index is -3.46. The molecule has 0 amide bonds. The highest BCUT2D eigenvalue weighted by Crippen LogP contribution is 2.29. The standard InChI is InChI=1S/C20H34N8O3S/c1-3-22-32(30,31)27-11-8-15(13-27)23-18-17-19(26(4-2)14-21-17)25-20(24-18)28-10-6-5-7-16(28)9-12-29/h14-16,22,29H,3-13H2,1-2H3,(H,23,24,25)/t15-,16-/m0/s1. The lowest BCUT2D eigenvalue weighted by Crippen LogP contribution is -2.41. The first-order valence-electron chi connectivity index (χ1n) is 11.6. The van der Waals surface area contributed by atoms with Gasteiger partial charge in [-0.15, -0.1) is 0 Å². The molecule has 2 fully saturated rings. The minimum Gasteiger partial charge on any atom is -0.396 e. The van der Waals surface area contributed by atoms with Crippen LogP contribution >= 0.6 is 0 Å². The molecule has 12 heteroatoms. The van der Waals surface area contributed by atoms with Crippen molar-refractivity contribution < 1.29 is 13.5 Å². The van der Waals surface area contributed by atoms with E-state index < -0.39 is 10.2 Å². The molecule has 11 nitrogen and oxygen atoms in total. The lowest BCUT2D eigenvalue weighted by Gasteiger charge is -2.35. The number of nitrogens with zero attached hydrogens (tertiary/aromatic N) is 6. The normalized spacial score (nSPS) is 22.7. The summed E-state index contributed by atoms with van der Waals surface area (Å²) in [6, 6.07) is 0.153. The molecule has 0 bridgehead atoms. The lowest BCUT2D eigenvalue weighted by molar-refractivity contribution is 0.262. The molecule has 178 valence electrons. The van der Waals surface area contributed by atoms with Gasteiger partial charge in [-0.05, 0) is 39.0 Å². The van der Waals surface area contributed by atoms with E-state index in [0.29, 0.717) is 49.8 Å². The van der Waals surface area contributed by atoms with Gasteiger partial charge in [0.15, 0.2) is 17.0 Å². The van der Waals surface area contributed by atoms with Crippen molar-refractivity contribution in [2.75, 3.05) is 43.0 Å². The first kappa shape index (κ1) is 23.1. The number of aromatic nitrogens is 4. The highest BCUT2D eigenvalue weighted by Gasteiger charge is 2.32. The van der Waals surface area contributed by atoms with Gasteiger partial charge in [0, 0.05) is 51.4 Å². The molecular formula is C20H34N8O3S. The number of fused-ring (bicyclic) bond motifs is 1. The van der Waals surface area contributed by atoms with Crippen LogP contribution < -0.4 is 14.9 Å². The second-order valence-electron chi connectivity index (χ2n) is 8.42. The van der Waals surface area contributed by atoms with Gasteiger partial charge < -0.3 is 19.9 Å². The number of anilines is 2. The van der Waals surface area contributed by atoms with Crippen molar-refractivity contribution in [3.63, 3.8) is 0 Å². The van der Waals surface area contributed by atoms with E-state index in [1.165, 1.54) is 4.31 Å². The SMILES string of the molecule is CCNS(=O)(=O)N1CC[C@H](Nc2nc(N3CCCC[C@H]3CCO)nc3c2ncn3CC)C1. The summed E-state index contributed by atoms with van der Waals surface area (Å²) in [4.78, 5) is 16.5. The Morgan fingerprint density at radius 1 is 1.19 bits per heavy atom. The van der Waals surface area contributed by atoms with Gasteiger partial charge in [-0.25, -0.2) is 9.71 Å². The molecule has 3 N–H and O–H groups in total. The van der Waals surface area contributed by atoms with E-state index in [4.69, 9.17) is 9.97 Å². The van der Waals surface area contributed by atoms with Crippen LogP contribution in [0.25, 0.3) is 11.2 Å². The average Bonchev–Trinajstić information content (AvgIpc) is 3.42. The maximum Gasteiger partial charge on any atom is 0.279 e. The number of imidazole rings is 1. The molecule has 4 heterocycles. The number of aliphatic hydroxyl groups excluding tert-OH is 1. The predicted molar refractivity (Wildman–Crippen MR) is 124 cm³/mol. The summed E-state index contributed by atoms with van der Waals surface area (Å²) in [6.07, 6.45) is 6.37. The van der Waals surface area contributed by atoms with E-state index in [9.17, 15) is 13.5 Å². The molecule has 4 rings (SSSR count). The zero-order chi connectivity index (χ0) is 22.7. The Hall–Kier alpha value is -2.02. The van der Waals surface area contributed by atoms with Crippen LogP contribution in [0.15, 0.2) is 6.33 Å². The van der Waals surface area contributed by atoms with E-state index in [0.717, 1.165) is 38.0 Å². The summed E-state index contributed by atoms with van der Waals surface area (Å²) < 4.78 is 30.7. The molecule has 0 aliphatic carbocycles. The number of piperidine rings is 1. The molecule has 2 aliphatic rings. The third-order valence-electron chi connectivity index (χ3n) is 6.30. The Morgan fingerprint density at radius 2 is 2.03 bits per heavy atom. The maximum absolute atomic E-state index is 12.4. The largest absolute Gasteiger partial charge is 0.396 e. The van der Waals surface area contributed by atoms with E-state index in [1.54, 1.807) is 13.3 Å². The molecule has 2 saturated heterocycles. The maximum atomic E-state index is 12.4. The third kappa shape index (κ3) is 4.68. The molecule has 2 atom stereocenters. The van der Waals surface area contributed by atoms with E-state index in [1.807, 2.05) is 11.5 Å². The van der Waals surface area contributed by atoms with Gasteiger partial charge >= 0.3 is 0 Å². The average molecular weight is 467 g/mol. The van der Waals surface area contributed by atoms with Crippen molar-refractivity contribution in [1.82, 2.24) is 28.5 Å². The van der Waals surface area contributed by atoms with Crippen molar-refractivity contribution in [1.29, 1.82) is 0 Å². The molecular weight excluding hydrogens is 432 g/mol. The number of rotatable bonds is 9. The van der Waals surface area contributed by atoms with Crippen LogP contribution in [0.5, 0.6) is 0 Å². The van der Waals surface area contributed by atoms with Crippen LogP contribution in [0, 0.1) is 0 Å². The number of aliphatic hydroxyl groups is 1. The molecule has 2 aromatic heterocycles. The van der Waals surface area contributed by atoms with Gasteiger partial charge in [0.05, 0.1) is 6.33 Å². The first-order valence-corrected chi connectivity index (χ1v) is 13.0. The van der Waals surface area contributed by atoms with Gasteiger partial charge in [-0.3, -0.25) is 0 Å². The molecule has 2 aliphatic heterocycles. The fourth-order valence-electron chi connectivity index (χ4n) is 4.64. The molecule has 2 aromatic rings. The zero-order valence-corrected chi connectivity index (χ0v) is 19.7. The van der Waals surface area contributed by atoms with Crippen molar-refractivity contribution in [3.05, 3.63) is 6.33 Å². The Morgan fingerprint density at radius 3 is 2.78 bits per heavy atom. The van der Waals surface area contributed by atoms with Crippen LogP contribution in [0.3, 0.4) is 0 Å². The van der Waals surface area contributed by atoms with Crippen molar-refractivity contribution >= 4 is 33.1 Å². The molecule has 0 radical (unpaired) electrons. The zero-order valence-electron chi connectivity index (χ0n) is 18.9. The number of nitrogens with one attached hydrogen (secondary N) is 2. The molecule has 32 heavy (non-hydrogen) atoms. The van der Waals surface area contributed by atoms with Crippen molar-refractivity contribution in [2.24, 2.45) is 0 Å². The second-order valence-corrected chi connectivity index (χ2v) is 10.2. The Balaban J connectivity index is 1.63. The molecule has 0 unspecified atom stereocenters. The van der Waals surface area contributed by atoms with Gasteiger partial charge in [0.2, 0.25) is 5.95 Å². The third-order valence-corrected chi connectivity index (χ3v) is 7.96. The quantitative estimate of drug-likeness (QED) is 0.498. The highest BCUT2D eigenvalue weighted by molar-refractivity contribution is 7.87. The van der Waals surface area contributed by atoms with Gasteiger partial charge in [0.1, 0.15) is 0 Å². The van der Waals surface area contributed by atoms with Crippen LogP contribution in [0.1, 0.15) is 46.0 Å². The highest BCUT2D eigenvalue weighted by atomic mass is 32.2. The van der Waals surface area contributed by atoms with Crippen molar-refractivity contribution in [2.45, 2.75) is 64.6 Å². The molecule has 0 saturated carbocycles. The smallest absolute Gasteiger partial charge is 0.279 e. The van der Waals surface area contributed by atoms with Crippen LogP contribution in [-0.2, 0) is 16.8 Å². The first-order chi connectivity index (χ1) is 15.5. The van der Waals surface area contributed by atoms with Crippen LogP contribution in [0.2, 0.25) is 0 Å². The Bertz CT molecular complexity index is 1030. The summed E-state index contributed by atoms with van der Waals surface area (Å²) in [5.41, 5.74) is 1.46. The summed E-state index contributed by atoms with van der Waals surface area (Å²) in [5.74, 6) is 1.28. The van der Waals surface area contributed by atoms with E-state index >= 15 is 0 Å². The topological polar surface area (TPSA) is 129 Å². The van der Waals surface area contributed by atoms with E-state index in [-0.39, 0.29) is 18.7 Å². The summed E-state index contributed by atoms with van der Waals surface area (Å²) in [6.45, 7) is 6.76. The summed E-state index contributed by atoms with van der Waals surface area (Å²) >= 11 is 0. The van der Waals surface area contributed by atoms with Gasteiger partial charge in [-0.1, -0.05) is 6.92 Å². The van der Waals surface area contributed by atoms with Gasteiger partial charge in [-0.2, -0.15) is 22.7 Å². The van der Waals surface area contributed by atoms with Crippen molar-refractivity contribution in [3.8, 4) is 0 Å². The van der Waals surface area contributed by atoms with Crippen LogP contribution in [0.4, 0.5) is 11.8 Å². The van der Waals surface area contributed by atoms with E-state index in [2.05, 4.69) is 19.9 Å². The molecule has 0 aromatic carbocycles. The summed E-state index contributed by atoms with van der Waals surface area (Å²) in [7, 11) is -3.46. The summed E-state index contributed by atoms with van der Waals surface area (Å²) in [5, 5.41) is 13.0. The Labute approximate surface area is 189 Å².